The maximum atomic E-state index is 2.49. The second-order valence-corrected chi connectivity index (χ2v) is 17.0. The van der Waals surface area contributed by atoms with Gasteiger partial charge in [-0.05, 0) is 106 Å². The molecule has 3 heteroatoms. The van der Waals surface area contributed by atoms with Crippen molar-refractivity contribution in [2.24, 2.45) is 0 Å². The molecule has 11 rings (SSSR count). The molecule has 0 bridgehead atoms. The molecule has 68 heavy (non-hydrogen) atoms. The monoisotopic (exact) mass is 877 g/mol. The van der Waals surface area contributed by atoms with Gasteiger partial charge in [0.05, 0.1) is 22.4 Å². The van der Waals surface area contributed by atoms with Gasteiger partial charge in [0.15, 0.2) is 0 Å². The summed E-state index contributed by atoms with van der Waals surface area (Å²) in [6, 6.07) is 92.4. The summed E-state index contributed by atoms with van der Waals surface area (Å²) >= 11 is 0. The third kappa shape index (κ3) is 8.36. The zero-order valence-corrected chi connectivity index (χ0v) is 39.2. The van der Waals surface area contributed by atoms with Crippen molar-refractivity contribution in [1.82, 2.24) is 4.57 Å². The Morgan fingerprint density at radius 3 is 1.54 bits per heavy atom. The summed E-state index contributed by atoms with van der Waals surface area (Å²) in [5, 5.41) is 2.43. The fraction of sp³-hybridized carbons (Fsp3) is 0.0769. The lowest BCUT2D eigenvalue weighted by atomic mass is 9.88. The van der Waals surface area contributed by atoms with Gasteiger partial charge in [-0.2, -0.15) is 0 Å². The molecule has 0 aliphatic carbocycles. The van der Waals surface area contributed by atoms with E-state index in [4.69, 9.17) is 0 Å². The number of rotatable bonds is 11. The molecule has 1 unspecified atom stereocenters. The molecule has 0 fully saturated rings. The van der Waals surface area contributed by atoms with Crippen LogP contribution in [0.2, 0.25) is 0 Å². The van der Waals surface area contributed by atoms with Gasteiger partial charge in [-0.1, -0.05) is 209 Å². The Labute approximate surface area is 401 Å². The predicted molar refractivity (Wildman–Crippen MR) is 292 cm³/mol. The van der Waals surface area contributed by atoms with Crippen molar-refractivity contribution in [3.63, 3.8) is 0 Å². The highest BCUT2D eigenvalue weighted by molar-refractivity contribution is 6.14. The van der Waals surface area contributed by atoms with Crippen LogP contribution in [0.15, 0.2) is 255 Å². The van der Waals surface area contributed by atoms with E-state index in [0.717, 1.165) is 39.6 Å². The summed E-state index contributed by atoms with van der Waals surface area (Å²) in [6.07, 6.45) is 0. The van der Waals surface area contributed by atoms with Crippen molar-refractivity contribution >= 4 is 50.2 Å². The lowest BCUT2D eigenvalue weighted by Gasteiger charge is -2.31. The van der Waals surface area contributed by atoms with Crippen molar-refractivity contribution in [1.29, 1.82) is 0 Å². The average Bonchev–Trinajstić information content (AvgIpc) is 3.77. The number of aromatic nitrogens is 1. The number of fused-ring (bicyclic) bond motifs is 3. The molecular formula is C65H55N3. The number of nitrogens with zero attached hydrogens (tertiary/aromatic N) is 3. The first-order valence-electron chi connectivity index (χ1n) is 23.8. The molecule has 10 aromatic carbocycles. The molecule has 11 aromatic rings. The number of hydrogen-bond acceptors (Lipinski definition) is 2. The van der Waals surface area contributed by atoms with Crippen LogP contribution in [0.1, 0.15) is 37.8 Å². The van der Waals surface area contributed by atoms with Crippen molar-refractivity contribution in [3.05, 3.63) is 266 Å². The number of anilines is 5. The van der Waals surface area contributed by atoms with E-state index in [0.29, 0.717) is 0 Å². The summed E-state index contributed by atoms with van der Waals surface area (Å²) in [4.78, 5) is 4.79. The second-order valence-electron chi connectivity index (χ2n) is 17.0. The third-order valence-electron chi connectivity index (χ3n) is 13.1. The largest absolute Gasteiger partial charge is 0.344 e. The van der Waals surface area contributed by atoms with Crippen molar-refractivity contribution in [3.8, 4) is 39.1 Å². The molecule has 0 aliphatic rings. The zero-order valence-electron chi connectivity index (χ0n) is 39.2. The first kappa shape index (κ1) is 43.5. The first-order chi connectivity index (χ1) is 33.6. The Morgan fingerprint density at radius 1 is 0.382 bits per heavy atom. The van der Waals surface area contributed by atoms with Crippen LogP contribution in [0, 0.1) is 0 Å². The zero-order chi connectivity index (χ0) is 46.4. The standard InChI is InChI=1S/C63H49N3.C2H6/c1-45(46-20-7-3-8-21-46)58-44-51(55-28-15-17-31-59(55)64(2)52-39-34-49(35-40-52)47-22-9-4-10-23-47)38-43-61(58)65(53-26-13-6-14-27-53)62-33-19-30-57-56-29-16-18-32-60(56)66(63(57)62)54-41-36-50(37-42-54)48-24-11-5-12-25-48;1-2/h3-45H,1-2H3;1-2H3. The molecule has 0 spiro atoms. The maximum absolute atomic E-state index is 2.49. The van der Waals surface area contributed by atoms with Crippen LogP contribution in [0.3, 0.4) is 0 Å². The van der Waals surface area contributed by atoms with Crippen molar-refractivity contribution < 1.29 is 0 Å². The highest BCUT2D eigenvalue weighted by Crippen LogP contribution is 2.48. The van der Waals surface area contributed by atoms with Crippen molar-refractivity contribution in [2.75, 3.05) is 16.8 Å². The highest BCUT2D eigenvalue weighted by atomic mass is 15.2. The lowest BCUT2D eigenvalue weighted by molar-refractivity contribution is 0.919. The van der Waals surface area contributed by atoms with Crippen LogP contribution in [0.4, 0.5) is 28.4 Å². The normalized spacial score (nSPS) is 11.5. The summed E-state index contributed by atoms with van der Waals surface area (Å²) < 4.78 is 2.46. The van der Waals surface area contributed by atoms with Crippen LogP contribution in [-0.2, 0) is 0 Å². The SMILES string of the molecule is CC.CC(c1ccccc1)c1cc(-c2ccccc2N(C)c2ccc(-c3ccccc3)cc2)ccc1N(c1ccccc1)c1cccc2c3ccccc3n(-c3ccc(-c4ccccc4)cc3)c12. The Hall–Kier alpha value is -8.40. The molecule has 1 aromatic heterocycles. The van der Waals surface area contributed by atoms with Gasteiger partial charge in [-0.15, -0.1) is 0 Å². The van der Waals surface area contributed by atoms with E-state index in [2.05, 4.69) is 283 Å². The fourth-order valence-electron chi connectivity index (χ4n) is 9.72. The smallest absolute Gasteiger partial charge is 0.0782 e. The van der Waals surface area contributed by atoms with Gasteiger partial charge in [0.2, 0.25) is 0 Å². The number of para-hydroxylation sites is 4. The lowest BCUT2D eigenvalue weighted by Crippen LogP contribution is -2.15. The summed E-state index contributed by atoms with van der Waals surface area (Å²) in [5.41, 5.74) is 18.7. The minimum atomic E-state index is 0.0679. The molecule has 1 atom stereocenters. The van der Waals surface area contributed by atoms with E-state index in [1.165, 1.54) is 60.8 Å². The van der Waals surface area contributed by atoms with Gasteiger partial charge in [-0.3, -0.25) is 0 Å². The van der Waals surface area contributed by atoms with Crippen LogP contribution in [0.25, 0.3) is 60.9 Å². The minimum absolute atomic E-state index is 0.0679. The Morgan fingerprint density at radius 2 is 0.882 bits per heavy atom. The van der Waals surface area contributed by atoms with E-state index >= 15 is 0 Å². The van der Waals surface area contributed by atoms with Crippen molar-refractivity contribution in [2.45, 2.75) is 26.7 Å². The molecule has 0 aliphatic heterocycles. The number of benzene rings is 10. The quantitative estimate of drug-likeness (QED) is 0.128. The van der Waals surface area contributed by atoms with E-state index in [-0.39, 0.29) is 5.92 Å². The first-order valence-corrected chi connectivity index (χ1v) is 23.8. The molecule has 330 valence electrons. The van der Waals surface area contributed by atoms with E-state index < -0.39 is 0 Å². The fourth-order valence-corrected chi connectivity index (χ4v) is 9.72. The van der Waals surface area contributed by atoms with E-state index in [1.54, 1.807) is 0 Å². The Balaban J connectivity index is 0.00000266. The average molecular weight is 878 g/mol. The van der Waals surface area contributed by atoms with E-state index in [1.807, 2.05) is 13.8 Å². The molecular weight excluding hydrogens is 823 g/mol. The Bertz CT molecular complexity index is 3410. The molecule has 1 heterocycles. The van der Waals surface area contributed by atoms with Gasteiger partial charge in [0.25, 0.3) is 0 Å². The molecule has 0 amide bonds. The Kier molecular flexibility index (Phi) is 12.5. The predicted octanol–water partition coefficient (Wildman–Crippen LogP) is 18.2. The van der Waals surface area contributed by atoms with Gasteiger partial charge in [0, 0.05) is 52.1 Å². The topological polar surface area (TPSA) is 11.4 Å². The maximum Gasteiger partial charge on any atom is 0.0782 e. The van der Waals surface area contributed by atoms with Crippen LogP contribution in [-0.4, -0.2) is 11.6 Å². The molecule has 3 nitrogen and oxygen atoms in total. The summed E-state index contributed by atoms with van der Waals surface area (Å²) in [6.45, 7) is 6.35. The minimum Gasteiger partial charge on any atom is -0.344 e. The summed E-state index contributed by atoms with van der Waals surface area (Å²) in [7, 11) is 2.17. The molecule has 0 N–H and O–H groups in total. The summed E-state index contributed by atoms with van der Waals surface area (Å²) in [5.74, 6) is 0.0679. The van der Waals surface area contributed by atoms with Crippen LogP contribution in [0.5, 0.6) is 0 Å². The third-order valence-corrected chi connectivity index (χ3v) is 13.1. The van der Waals surface area contributed by atoms with E-state index in [9.17, 15) is 0 Å². The van der Waals surface area contributed by atoms with Gasteiger partial charge in [0.1, 0.15) is 0 Å². The van der Waals surface area contributed by atoms with Crippen LogP contribution < -0.4 is 9.80 Å². The van der Waals surface area contributed by atoms with Gasteiger partial charge in [-0.25, -0.2) is 0 Å². The molecule has 0 saturated carbocycles. The number of hydrogen-bond donors (Lipinski definition) is 0. The van der Waals surface area contributed by atoms with Crippen LogP contribution >= 0.6 is 0 Å². The molecule has 0 saturated heterocycles. The van der Waals surface area contributed by atoms with Gasteiger partial charge < -0.3 is 14.4 Å². The molecule has 0 radical (unpaired) electrons. The van der Waals surface area contributed by atoms with Gasteiger partial charge >= 0.3 is 0 Å². The second kappa shape index (κ2) is 19.6. The highest BCUT2D eigenvalue weighted by Gasteiger charge is 2.26.